The maximum absolute atomic E-state index is 2.43. The van der Waals surface area contributed by atoms with Crippen LogP contribution in [0, 0.1) is 0 Å². The first-order valence-corrected chi connectivity index (χ1v) is 16.2. The molecule has 0 spiro atoms. The van der Waals surface area contributed by atoms with Crippen LogP contribution in [0.4, 0.5) is 0 Å². The molecular formula is C42H26N2S. The predicted molar refractivity (Wildman–Crippen MR) is 193 cm³/mol. The standard InChI is InChI=1S/C42H26N2S/c1-2-10-29(11-3-1)43-37-15-7-4-12-31(37)34-26-40-35(25-39(34)43)32-13-5-8-16-38(32)44(40)30-21-18-27(19-22-30)28-20-23-42-36(24-28)33-14-6-9-17-41(33)45-42/h1-26H. The second-order valence-corrected chi connectivity index (χ2v) is 12.9. The molecule has 2 nitrogen and oxygen atoms in total. The number of aromatic nitrogens is 2. The average Bonchev–Trinajstić information content (AvgIpc) is 3.75. The van der Waals surface area contributed by atoms with Crippen molar-refractivity contribution in [1.29, 1.82) is 0 Å². The zero-order chi connectivity index (χ0) is 29.5. The highest BCUT2D eigenvalue weighted by Gasteiger charge is 2.18. The first kappa shape index (κ1) is 24.8. The van der Waals surface area contributed by atoms with Crippen molar-refractivity contribution >= 4 is 75.1 Å². The van der Waals surface area contributed by atoms with Crippen LogP contribution in [0.5, 0.6) is 0 Å². The molecule has 0 N–H and O–H groups in total. The summed E-state index contributed by atoms with van der Waals surface area (Å²) in [7, 11) is 0. The lowest BCUT2D eigenvalue weighted by molar-refractivity contribution is 1.17. The molecule has 0 radical (unpaired) electrons. The molecule has 0 aliphatic carbocycles. The third kappa shape index (κ3) is 3.62. The Hall–Kier alpha value is -5.64. The Morgan fingerprint density at radius 3 is 1.49 bits per heavy atom. The predicted octanol–water partition coefficient (Wildman–Crippen LogP) is 11.9. The van der Waals surface area contributed by atoms with Crippen molar-refractivity contribution in [1.82, 2.24) is 9.13 Å². The van der Waals surface area contributed by atoms with Crippen LogP contribution in [0.3, 0.4) is 0 Å². The number of fused-ring (bicyclic) bond motifs is 9. The minimum atomic E-state index is 1.16. The fraction of sp³-hybridized carbons (Fsp3) is 0. The molecule has 0 saturated heterocycles. The number of para-hydroxylation sites is 3. The van der Waals surface area contributed by atoms with Crippen molar-refractivity contribution in [2.75, 3.05) is 0 Å². The maximum Gasteiger partial charge on any atom is 0.0548 e. The van der Waals surface area contributed by atoms with E-state index in [9.17, 15) is 0 Å². The van der Waals surface area contributed by atoms with Crippen molar-refractivity contribution in [3.8, 4) is 22.5 Å². The van der Waals surface area contributed by atoms with E-state index in [2.05, 4.69) is 167 Å². The molecule has 3 heteroatoms. The van der Waals surface area contributed by atoms with Gasteiger partial charge in [-0.3, -0.25) is 0 Å². The van der Waals surface area contributed by atoms with Crippen molar-refractivity contribution in [2.45, 2.75) is 0 Å². The van der Waals surface area contributed by atoms with Gasteiger partial charge in [-0.25, -0.2) is 0 Å². The van der Waals surface area contributed by atoms with Crippen LogP contribution in [0.25, 0.3) is 86.3 Å². The van der Waals surface area contributed by atoms with E-state index in [4.69, 9.17) is 0 Å². The summed E-state index contributed by atoms with van der Waals surface area (Å²) in [5.74, 6) is 0. The minimum Gasteiger partial charge on any atom is -0.309 e. The quantitative estimate of drug-likeness (QED) is 0.194. The van der Waals surface area contributed by atoms with Gasteiger partial charge in [0.25, 0.3) is 0 Å². The molecule has 210 valence electrons. The molecule has 0 unspecified atom stereocenters. The van der Waals surface area contributed by atoms with E-state index in [1.54, 1.807) is 0 Å². The van der Waals surface area contributed by atoms with E-state index < -0.39 is 0 Å². The maximum atomic E-state index is 2.43. The largest absolute Gasteiger partial charge is 0.309 e. The Morgan fingerprint density at radius 1 is 0.311 bits per heavy atom. The molecule has 10 rings (SSSR count). The van der Waals surface area contributed by atoms with E-state index in [1.165, 1.54) is 80.6 Å². The summed E-state index contributed by atoms with van der Waals surface area (Å²) in [6, 6.07) is 57.7. The van der Waals surface area contributed by atoms with Crippen LogP contribution >= 0.6 is 11.3 Å². The Kier molecular flexibility index (Phi) is 5.19. The number of rotatable bonds is 3. The van der Waals surface area contributed by atoms with E-state index in [0.717, 1.165) is 5.69 Å². The molecule has 3 heterocycles. The first-order chi connectivity index (χ1) is 22.3. The second kappa shape index (κ2) is 9.43. The van der Waals surface area contributed by atoms with Gasteiger partial charge in [0.2, 0.25) is 0 Å². The van der Waals surface area contributed by atoms with E-state index in [0.29, 0.717) is 0 Å². The van der Waals surface area contributed by atoms with Gasteiger partial charge in [-0.2, -0.15) is 0 Å². The van der Waals surface area contributed by atoms with E-state index in [-0.39, 0.29) is 0 Å². The summed E-state index contributed by atoms with van der Waals surface area (Å²) in [6.45, 7) is 0. The van der Waals surface area contributed by atoms with Gasteiger partial charge in [-0.1, -0.05) is 91.0 Å². The monoisotopic (exact) mass is 590 g/mol. The molecule has 0 saturated carbocycles. The van der Waals surface area contributed by atoms with Crippen LogP contribution in [0.15, 0.2) is 158 Å². The molecule has 10 aromatic rings. The van der Waals surface area contributed by atoms with Crippen LogP contribution in [0.2, 0.25) is 0 Å². The summed E-state index contributed by atoms with van der Waals surface area (Å²) in [5, 5.41) is 7.72. The smallest absolute Gasteiger partial charge is 0.0548 e. The normalized spacial score (nSPS) is 12.0. The molecule has 7 aromatic carbocycles. The van der Waals surface area contributed by atoms with Gasteiger partial charge in [0.05, 0.1) is 22.1 Å². The number of thiophene rings is 1. The van der Waals surface area contributed by atoms with Crippen LogP contribution in [-0.4, -0.2) is 9.13 Å². The van der Waals surface area contributed by atoms with E-state index in [1.807, 2.05) is 11.3 Å². The zero-order valence-electron chi connectivity index (χ0n) is 24.3. The van der Waals surface area contributed by atoms with Crippen molar-refractivity contribution in [2.24, 2.45) is 0 Å². The Balaban J connectivity index is 1.18. The van der Waals surface area contributed by atoms with Gasteiger partial charge in [-0.15, -0.1) is 11.3 Å². The van der Waals surface area contributed by atoms with Gasteiger partial charge in [0.1, 0.15) is 0 Å². The average molecular weight is 591 g/mol. The number of hydrogen-bond acceptors (Lipinski definition) is 1. The molecule has 45 heavy (non-hydrogen) atoms. The summed E-state index contributed by atoms with van der Waals surface area (Å²) < 4.78 is 7.51. The summed E-state index contributed by atoms with van der Waals surface area (Å²) in [5.41, 5.74) is 9.70. The molecule has 0 aliphatic heterocycles. The van der Waals surface area contributed by atoms with Gasteiger partial charge in [0.15, 0.2) is 0 Å². The van der Waals surface area contributed by atoms with Gasteiger partial charge in [0, 0.05) is 53.1 Å². The fourth-order valence-electron chi connectivity index (χ4n) is 7.27. The topological polar surface area (TPSA) is 9.86 Å². The Morgan fingerprint density at radius 2 is 0.822 bits per heavy atom. The molecule has 0 atom stereocenters. The summed E-state index contributed by atoms with van der Waals surface area (Å²) in [4.78, 5) is 0. The second-order valence-electron chi connectivity index (χ2n) is 11.8. The highest BCUT2D eigenvalue weighted by Crippen LogP contribution is 2.40. The Bertz CT molecular complexity index is 2740. The third-order valence-corrected chi connectivity index (χ3v) is 10.5. The number of hydrogen-bond donors (Lipinski definition) is 0. The number of nitrogens with zero attached hydrogens (tertiary/aromatic N) is 2. The van der Waals surface area contributed by atoms with Crippen LogP contribution in [0.1, 0.15) is 0 Å². The number of benzene rings is 7. The lowest BCUT2D eigenvalue weighted by atomic mass is 10.0. The van der Waals surface area contributed by atoms with Gasteiger partial charge >= 0.3 is 0 Å². The molecule has 0 aliphatic rings. The first-order valence-electron chi connectivity index (χ1n) is 15.4. The Labute approximate surface area is 263 Å². The SMILES string of the molecule is c1ccc(-n2c3ccccc3c3cc4c(cc32)c2ccccc2n4-c2ccc(-c3ccc4sc5ccccc5c4c3)cc2)cc1. The highest BCUT2D eigenvalue weighted by molar-refractivity contribution is 7.25. The minimum absolute atomic E-state index is 1.16. The van der Waals surface area contributed by atoms with Crippen molar-refractivity contribution in [3.63, 3.8) is 0 Å². The van der Waals surface area contributed by atoms with Crippen molar-refractivity contribution < 1.29 is 0 Å². The van der Waals surface area contributed by atoms with Gasteiger partial charge < -0.3 is 9.13 Å². The lowest BCUT2D eigenvalue weighted by Gasteiger charge is -2.10. The molecular weight excluding hydrogens is 565 g/mol. The molecule has 0 amide bonds. The zero-order valence-corrected chi connectivity index (χ0v) is 25.1. The lowest BCUT2D eigenvalue weighted by Crippen LogP contribution is -1.94. The molecule has 0 bridgehead atoms. The van der Waals surface area contributed by atoms with Crippen LogP contribution < -0.4 is 0 Å². The van der Waals surface area contributed by atoms with Gasteiger partial charge in [-0.05, 0) is 77.9 Å². The van der Waals surface area contributed by atoms with Crippen LogP contribution in [-0.2, 0) is 0 Å². The van der Waals surface area contributed by atoms with E-state index >= 15 is 0 Å². The summed E-state index contributed by atoms with van der Waals surface area (Å²) >= 11 is 1.87. The summed E-state index contributed by atoms with van der Waals surface area (Å²) in [6.07, 6.45) is 0. The molecule has 3 aromatic heterocycles. The molecule has 0 fully saturated rings. The third-order valence-electron chi connectivity index (χ3n) is 9.32. The van der Waals surface area contributed by atoms with Crippen molar-refractivity contribution in [3.05, 3.63) is 158 Å². The highest BCUT2D eigenvalue weighted by atomic mass is 32.1. The fourth-order valence-corrected chi connectivity index (χ4v) is 8.36.